The van der Waals surface area contributed by atoms with Gasteiger partial charge in [-0.25, -0.2) is 9.97 Å². The van der Waals surface area contributed by atoms with Crippen molar-refractivity contribution in [1.82, 2.24) is 34.9 Å². The molecule has 0 bridgehead atoms. The molecule has 9 nitrogen and oxygen atoms in total. The van der Waals surface area contributed by atoms with Gasteiger partial charge in [0.2, 0.25) is 5.95 Å². The zero-order valence-corrected chi connectivity index (χ0v) is 16.8. The number of hydrogen-bond donors (Lipinski definition) is 1. The van der Waals surface area contributed by atoms with Crippen molar-refractivity contribution in [1.29, 1.82) is 0 Å². The SMILES string of the molecule is c1ccc(Cn2cnc3c(-c4ccc5nn[nH]c5c4)nc(N4CCOCC4)nc32)cc1. The standard InChI is InChI=1S/C22H20N8O/c1-2-4-15(5-3-1)13-30-14-23-20-19(16-6-7-17-18(12-16)27-28-26-17)24-22(25-21(20)30)29-8-10-31-11-9-29/h1-7,12,14H,8-11,13H2,(H,26,27,28). The van der Waals surface area contributed by atoms with E-state index < -0.39 is 0 Å². The summed E-state index contributed by atoms with van der Waals surface area (Å²) in [6, 6.07) is 16.3. The Morgan fingerprint density at radius 2 is 1.87 bits per heavy atom. The first kappa shape index (κ1) is 18.0. The minimum Gasteiger partial charge on any atom is -0.378 e. The highest BCUT2D eigenvalue weighted by atomic mass is 16.5. The van der Waals surface area contributed by atoms with E-state index in [1.807, 2.05) is 42.7 Å². The van der Waals surface area contributed by atoms with Gasteiger partial charge in [0.05, 0.1) is 31.6 Å². The number of ether oxygens (including phenoxy) is 1. The maximum absolute atomic E-state index is 5.52. The molecule has 4 heterocycles. The molecule has 0 amide bonds. The fourth-order valence-electron chi connectivity index (χ4n) is 3.93. The van der Waals surface area contributed by atoms with E-state index in [1.54, 1.807) is 0 Å². The quantitative estimate of drug-likeness (QED) is 0.485. The van der Waals surface area contributed by atoms with Crippen molar-refractivity contribution >= 4 is 28.1 Å². The van der Waals surface area contributed by atoms with Crippen molar-refractivity contribution in [3.8, 4) is 11.3 Å². The van der Waals surface area contributed by atoms with Gasteiger partial charge in [-0.1, -0.05) is 41.6 Å². The number of nitrogens with one attached hydrogen (secondary N) is 1. The topological polar surface area (TPSA) is 97.6 Å². The van der Waals surface area contributed by atoms with Gasteiger partial charge in [0, 0.05) is 18.7 Å². The summed E-state index contributed by atoms with van der Waals surface area (Å²) >= 11 is 0. The summed E-state index contributed by atoms with van der Waals surface area (Å²) in [5.41, 5.74) is 6.22. The summed E-state index contributed by atoms with van der Waals surface area (Å²) in [4.78, 5) is 16.7. The Balaban J connectivity index is 1.52. The molecular formula is C22H20N8O. The van der Waals surface area contributed by atoms with Crippen LogP contribution in [0.3, 0.4) is 0 Å². The Labute approximate surface area is 177 Å². The van der Waals surface area contributed by atoms with Crippen molar-refractivity contribution in [2.45, 2.75) is 6.54 Å². The molecule has 154 valence electrons. The third-order valence-corrected chi connectivity index (χ3v) is 5.54. The highest BCUT2D eigenvalue weighted by Gasteiger charge is 2.20. The minimum absolute atomic E-state index is 0.672. The predicted molar refractivity (Wildman–Crippen MR) is 117 cm³/mol. The zero-order valence-electron chi connectivity index (χ0n) is 16.8. The van der Waals surface area contributed by atoms with Crippen LogP contribution in [0.25, 0.3) is 33.5 Å². The van der Waals surface area contributed by atoms with Crippen LogP contribution in [0, 0.1) is 0 Å². The number of morpholine rings is 1. The van der Waals surface area contributed by atoms with Gasteiger partial charge in [0.15, 0.2) is 5.65 Å². The molecule has 1 N–H and O–H groups in total. The van der Waals surface area contributed by atoms with Crippen LogP contribution in [-0.4, -0.2) is 61.2 Å². The van der Waals surface area contributed by atoms with Crippen molar-refractivity contribution in [2.24, 2.45) is 0 Å². The Morgan fingerprint density at radius 1 is 1.00 bits per heavy atom. The predicted octanol–water partition coefficient (Wildman–Crippen LogP) is 2.65. The molecule has 5 aromatic rings. The molecule has 31 heavy (non-hydrogen) atoms. The smallest absolute Gasteiger partial charge is 0.228 e. The molecule has 1 fully saturated rings. The van der Waals surface area contributed by atoms with E-state index in [2.05, 4.69) is 37.0 Å². The van der Waals surface area contributed by atoms with Gasteiger partial charge in [-0.3, -0.25) is 5.10 Å². The lowest BCUT2D eigenvalue weighted by Crippen LogP contribution is -2.37. The zero-order chi connectivity index (χ0) is 20.6. The lowest BCUT2D eigenvalue weighted by molar-refractivity contribution is 0.122. The number of nitrogens with zero attached hydrogens (tertiary/aromatic N) is 7. The number of aromatic amines is 1. The van der Waals surface area contributed by atoms with E-state index >= 15 is 0 Å². The second kappa shape index (κ2) is 7.44. The molecule has 0 saturated carbocycles. The van der Waals surface area contributed by atoms with Crippen LogP contribution in [0.1, 0.15) is 5.56 Å². The van der Waals surface area contributed by atoms with Crippen molar-refractivity contribution in [3.05, 3.63) is 60.4 Å². The van der Waals surface area contributed by atoms with Gasteiger partial charge in [-0.2, -0.15) is 4.98 Å². The highest BCUT2D eigenvalue weighted by molar-refractivity contribution is 5.91. The van der Waals surface area contributed by atoms with Crippen LogP contribution in [0.15, 0.2) is 54.9 Å². The largest absolute Gasteiger partial charge is 0.378 e. The monoisotopic (exact) mass is 412 g/mol. The van der Waals surface area contributed by atoms with E-state index in [0.29, 0.717) is 25.7 Å². The number of H-pyrrole nitrogens is 1. The summed E-state index contributed by atoms with van der Waals surface area (Å²) in [6.07, 6.45) is 1.84. The summed E-state index contributed by atoms with van der Waals surface area (Å²) in [5, 5.41) is 10.9. The third-order valence-electron chi connectivity index (χ3n) is 5.54. The average Bonchev–Trinajstić information content (AvgIpc) is 3.46. The molecule has 9 heteroatoms. The Hall–Kier alpha value is -3.85. The van der Waals surface area contributed by atoms with Crippen LogP contribution in [0.2, 0.25) is 0 Å². The van der Waals surface area contributed by atoms with Gasteiger partial charge in [0.1, 0.15) is 16.7 Å². The van der Waals surface area contributed by atoms with Crippen molar-refractivity contribution in [3.63, 3.8) is 0 Å². The summed E-state index contributed by atoms with van der Waals surface area (Å²) in [6.45, 7) is 3.57. The maximum atomic E-state index is 5.52. The highest BCUT2D eigenvalue weighted by Crippen LogP contribution is 2.29. The lowest BCUT2D eigenvalue weighted by atomic mass is 10.1. The number of aromatic nitrogens is 7. The van der Waals surface area contributed by atoms with Gasteiger partial charge >= 0.3 is 0 Å². The van der Waals surface area contributed by atoms with Crippen LogP contribution >= 0.6 is 0 Å². The van der Waals surface area contributed by atoms with Gasteiger partial charge in [0.25, 0.3) is 0 Å². The molecule has 1 aliphatic rings. The van der Waals surface area contributed by atoms with Crippen LogP contribution in [-0.2, 0) is 11.3 Å². The van der Waals surface area contributed by atoms with Crippen LogP contribution in [0.5, 0.6) is 0 Å². The van der Waals surface area contributed by atoms with Gasteiger partial charge in [-0.05, 0) is 17.7 Å². The molecule has 0 unspecified atom stereocenters. The molecule has 0 atom stereocenters. The average molecular weight is 412 g/mol. The first-order chi connectivity index (χ1) is 15.3. The molecule has 1 aliphatic heterocycles. The molecule has 3 aromatic heterocycles. The fraction of sp³-hybridized carbons (Fsp3) is 0.227. The molecule has 1 saturated heterocycles. The number of imidazole rings is 1. The molecule has 0 spiro atoms. The van der Waals surface area contributed by atoms with Gasteiger partial charge in [-0.15, -0.1) is 5.10 Å². The molecule has 0 aliphatic carbocycles. The minimum atomic E-state index is 0.672. The Kier molecular flexibility index (Phi) is 4.31. The van der Waals surface area contributed by atoms with E-state index in [-0.39, 0.29) is 0 Å². The number of anilines is 1. The number of benzene rings is 2. The fourth-order valence-corrected chi connectivity index (χ4v) is 3.93. The number of fused-ring (bicyclic) bond motifs is 2. The summed E-state index contributed by atoms with van der Waals surface area (Å²) < 4.78 is 7.60. The lowest BCUT2D eigenvalue weighted by Gasteiger charge is -2.27. The summed E-state index contributed by atoms with van der Waals surface area (Å²) in [7, 11) is 0. The number of rotatable bonds is 4. The third kappa shape index (κ3) is 3.28. The second-order valence-corrected chi connectivity index (χ2v) is 7.55. The molecular weight excluding hydrogens is 392 g/mol. The Morgan fingerprint density at radius 3 is 2.74 bits per heavy atom. The Bertz CT molecular complexity index is 1350. The molecule has 0 radical (unpaired) electrons. The van der Waals surface area contributed by atoms with E-state index in [9.17, 15) is 0 Å². The van der Waals surface area contributed by atoms with E-state index in [0.717, 1.165) is 46.5 Å². The maximum Gasteiger partial charge on any atom is 0.228 e. The second-order valence-electron chi connectivity index (χ2n) is 7.55. The van der Waals surface area contributed by atoms with Gasteiger partial charge < -0.3 is 14.2 Å². The van der Waals surface area contributed by atoms with Crippen LogP contribution in [0.4, 0.5) is 5.95 Å². The van der Waals surface area contributed by atoms with Crippen molar-refractivity contribution in [2.75, 3.05) is 31.2 Å². The normalized spacial score (nSPS) is 14.5. The van der Waals surface area contributed by atoms with Crippen molar-refractivity contribution < 1.29 is 4.74 Å². The van der Waals surface area contributed by atoms with E-state index in [4.69, 9.17) is 19.7 Å². The molecule has 6 rings (SSSR count). The molecule has 2 aromatic carbocycles. The van der Waals surface area contributed by atoms with Crippen LogP contribution < -0.4 is 4.90 Å². The first-order valence-electron chi connectivity index (χ1n) is 10.3. The van der Waals surface area contributed by atoms with E-state index in [1.165, 1.54) is 5.56 Å². The summed E-state index contributed by atoms with van der Waals surface area (Å²) in [5.74, 6) is 0.698. The first-order valence-corrected chi connectivity index (χ1v) is 10.3. The number of hydrogen-bond acceptors (Lipinski definition) is 7.